The van der Waals surface area contributed by atoms with E-state index < -0.39 is 33.9 Å². The van der Waals surface area contributed by atoms with E-state index in [1.807, 2.05) is 6.07 Å². The molecule has 2 rings (SSSR count). The topological polar surface area (TPSA) is 119 Å². The number of nitrogens with zero attached hydrogens (tertiary/aromatic N) is 2. The summed E-state index contributed by atoms with van der Waals surface area (Å²) >= 11 is 0. The van der Waals surface area contributed by atoms with E-state index in [2.05, 4.69) is 0 Å². The molecular weight excluding hydrogens is 296 g/mol. The maximum Gasteiger partial charge on any atom is 0.322 e. The van der Waals surface area contributed by atoms with Gasteiger partial charge in [0.05, 0.1) is 23.5 Å². The molecule has 1 aliphatic rings. The van der Waals surface area contributed by atoms with Crippen LogP contribution in [0, 0.1) is 11.3 Å². The molecule has 2 atom stereocenters. The van der Waals surface area contributed by atoms with Gasteiger partial charge in [-0.3, -0.25) is 4.79 Å². The van der Waals surface area contributed by atoms with Crippen molar-refractivity contribution in [3.05, 3.63) is 35.4 Å². The SMILES string of the molecule is N#Cc1ccccc1CS(=O)(=O)N1C[C@H](O)C[C@H]1C(=O)O. The number of benzene rings is 1. The largest absolute Gasteiger partial charge is 0.480 e. The van der Waals surface area contributed by atoms with Gasteiger partial charge >= 0.3 is 5.97 Å². The molecule has 8 heteroatoms. The Balaban J connectivity index is 2.30. The Morgan fingerprint density at radius 1 is 1.43 bits per heavy atom. The first-order chi connectivity index (χ1) is 9.85. The molecule has 0 amide bonds. The number of hydrogen-bond acceptors (Lipinski definition) is 5. The number of carboxylic acid groups (broad SMARTS) is 1. The number of β-amino-alcohol motifs (C(OH)–C–C–N with tert-alkyl or cyclic N) is 1. The first-order valence-electron chi connectivity index (χ1n) is 6.23. The zero-order valence-corrected chi connectivity index (χ0v) is 11.8. The second-order valence-electron chi connectivity index (χ2n) is 4.84. The third kappa shape index (κ3) is 3.21. The molecule has 0 spiro atoms. The predicted molar refractivity (Wildman–Crippen MR) is 72.5 cm³/mol. The van der Waals surface area contributed by atoms with Crippen molar-refractivity contribution in [3.63, 3.8) is 0 Å². The minimum atomic E-state index is -3.93. The Kier molecular flexibility index (Phi) is 4.27. The van der Waals surface area contributed by atoms with Crippen molar-refractivity contribution < 1.29 is 23.4 Å². The average molecular weight is 310 g/mol. The van der Waals surface area contributed by atoms with Gasteiger partial charge in [-0.15, -0.1) is 0 Å². The maximum absolute atomic E-state index is 12.4. The predicted octanol–water partition coefficient (Wildman–Crippen LogP) is -0.0921. The molecule has 2 N–H and O–H groups in total. The van der Waals surface area contributed by atoms with Crippen molar-refractivity contribution in [2.24, 2.45) is 0 Å². The maximum atomic E-state index is 12.4. The number of carboxylic acids is 1. The third-order valence-electron chi connectivity index (χ3n) is 3.35. The van der Waals surface area contributed by atoms with Gasteiger partial charge in [-0.1, -0.05) is 18.2 Å². The van der Waals surface area contributed by atoms with Gasteiger partial charge in [-0.25, -0.2) is 8.42 Å². The van der Waals surface area contributed by atoms with Crippen molar-refractivity contribution in [1.29, 1.82) is 5.26 Å². The smallest absolute Gasteiger partial charge is 0.322 e. The quantitative estimate of drug-likeness (QED) is 0.802. The molecule has 0 saturated carbocycles. The van der Waals surface area contributed by atoms with E-state index in [1.54, 1.807) is 12.1 Å². The molecule has 7 nitrogen and oxygen atoms in total. The second kappa shape index (κ2) is 5.81. The Hall–Kier alpha value is -1.95. The van der Waals surface area contributed by atoms with Crippen molar-refractivity contribution in [1.82, 2.24) is 4.31 Å². The second-order valence-corrected chi connectivity index (χ2v) is 6.76. The molecule has 0 radical (unpaired) electrons. The van der Waals surface area contributed by atoms with Crippen molar-refractivity contribution >= 4 is 16.0 Å². The number of rotatable bonds is 4. The molecule has 0 aromatic heterocycles. The van der Waals surface area contributed by atoms with E-state index in [4.69, 9.17) is 10.4 Å². The van der Waals surface area contributed by atoms with Crippen LogP contribution in [-0.2, 0) is 20.6 Å². The molecule has 0 aliphatic carbocycles. The lowest BCUT2D eigenvalue weighted by Gasteiger charge is -2.20. The molecule has 1 saturated heterocycles. The third-order valence-corrected chi connectivity index (χ3v) is 5.15. The molecule has 0 bridgehead atoms. The fraction of sp³-hybridized carbons (Fsp3) is 0.385. The lowest BCUT2D eigenvalue weighted by atomic mass is 10.1. The fourth-order valence-corrected chi connectivity index (χ4v) is 4.12. The minimum Gasteiger partial charge on any atom is -0.480 e. The van der Waals surface area contributed by atoms with E-state index in [9.17, 15) is 18.3 Å². The molecular formula is C13H14N2O5S. The standard InChI is InChI=1S/C13H14N2O5S/c14-6-9-3-1-2-4-10(9)8-21(19,20)15-7-11(16)5-12(15)13(17)18/h1-4,11-12,16H,5,7-8H2,(H,17,18)/t11-,12+/m1/s1. The van der Waals surface area contributed by atoms with E-state index >= 15 is 0 Å². The van der Waals surface area contributed by atoms with E-state index in [1.165, 1.54) is 12.1 Å². The van der Waals surface area contributed by atoms with Crippen molar-refractivity contribution in [2.75, 3.05) is 6.54 Å². The first-order valence-corrected chi connectivity index (χ1v) is 7.84. The number of hydrogen-bond donors (Lipinski definition) is 2. The van der Waals surface area contributed by atoms with Gasteiger partial charge in [0.2, 0.25) is 10.0 Å². The number of carbonyl (C=O) groups is 1. The highest BCUT2D eigenvalue weighted by molar-refractivity contribution is 7.88. The van der Waals surface area contributed by atoms with Gasteiger partial charge in [0, 0.05) is 13.0 Å². The van der Waals surface area contributed by atoms with Crippen LogP contribution in [0.5, 0.6) is 0 Å². The number of sulfonamides is 1. The van der Waals surface area contributed by atoms with Crippen LogP contribution in [0.1, 0.15) is 17.5 Å². The highest BCUT2D eigenvalue weighted by Gasteiger charge is 2.42. The van der Waals surface area contributed by atoms with Crippen LogP contribution in [0.15, 0.2) is 24.3 Å². The molecule has 1 aromatic carbocycles. The van der Waals surface area contributed by atoms with Crippen molar-refractivity contribution in [3.8, 4) is 6.07 Å². The van der Waals surface area contributed by atoms with Gasteiger partial charge in [-0.2, -0.15) is 9.57 Å². The normalized spacial score (nSPS) is 22.9. The monoisotopic (exact) mass is 310 g/mol. The van der Waals surface area contributed by atoms with Gasteiger partial charge in [0.1, 0.15) is 6.04 Å². The molecule has 1 heterocycles. The zero-order valence-electron chi connectivity index (χ0n) is 11.0. The number of aliphatic hydroxyl groups is 1. The lowest BCUT2D eigenvalue weighted by molar-refractivity contribution is -0.140. The molecule has 1 aliphatic heterocycles. The molecule has 1 aromatic rings. The Morgan fingerprint density at radius 3 is 2.71 bits per heavy atom. The number of nitriles is 1. The van der Waals surface area contributed by atoms with Crippen LogP contribution < -0.4 is 0 Å². The molecule has 1 fully saturated rings. The fourth-order valence-electron chi connectivity index (χ4n) is 2.35. The molecule has 21 heavy (non-hydrogen) atoms. The highest BCUT2D eigenvalue weighted by Crippen LogP contribution is 2.25. The van der Waals surface area contributed by atoms with Crippen LogP contribution in [0.25, 0.3) is 0 Å². The van der Waals surface area contributed by atoms with Crippen molar-refractivity contribution in [2.45, 2.75) is 24.3 Å². The summed E-state index contributed by atoms with van der Waals surface area (Å²) in [5, 5.41) is 27.6. The first kappa shape index (κ1) is 15.4. The van der Waals surface area contributed by atoms with Gasteiger partial charge in [-0.05, 0) is 11.6 Å². The molecule has 112 valence electrons. The summed E-state index contributed by atoms with van der Waals surface area (Å²) in [4.78, 5) is 11.1. The van der Waals surface area contributed by atoms with Gasteiger partial charge < -0.3 is 10.2 Å². The number of aliphatic carboxylic acids is 1. The summed E-state index contributed by atoms with van der Waals surface area (Å²) in [6.07, 6.45) is -1.12. The van der Waals surface area contributed by atoms with Gasteiger partial charge in [0.25, 0.3) is 0 Å². The summed E-state index contributed by atoms with van der Waals surface area (Å²) in [6.45, 7) is -0.242. The summed E-state index contributed by atoms with van der Waals surface area (Å²) in [5.41, 5.74) is 0.540. The Bertz CT molecular complexity index is 695. The van der Waals surface area contributed by atoms with E-state index in [0.717, 1.165) is 4.31 Å². The van der Waals surface area contributed by atoms with Crippen LogP contribution >= 0.6 is 0 Å². The highest BCUT2D eigenvalue weighted by atomic mass is 32.2. The summed E-state index contributed by atoms with van der Waals surface area (Å²) in [5.74, 6) is -1.75. The Labute approximate surface area is 122 Å². The van der Waals surface area contributed by atoms with Crippen LogP contribution in [0.3, 0.4) is 0 Å². The van der Waals surface area contributed by atoms with Gasteiger partial charge in [0.15, 0.2) is 0 Å². The molecule has 0 unspecified atom stereocenters. The Morgan fingerprint density at radius 2 is 2.10 bits per heavy atom. The van der Waals surface area contributed by atoms with E-state index in [0.29, 0.717) is 5.56 Å². The zero-order chi connectivity index (χ0) is 15.6. The summed E-state index contributed by atoms with van der Waals surface area (Å²) in [6, 6.07) is 6.88. The average Bonchev–Trinajstić information content (AvgIpc) is 2.82. The van der Waals surface area contributed by atoms with Crippen LogP contribution in [0.4, 0.5) is 0 Å². The minimum absolute atomic E-state index is 0.130. The number of aliphatic hydroxyl groups excluding tert-OH is 1. The van der Waals surface area contributed by atoms with Crippen LogP contribution in [0.2, 0.25) is 0 Å². The summed E-state index contributed by atoms with van der Waals surface area (Å²) in [7, 11) is -3.93. The summed E-state index contributed by atoms with van der Waals surface area (Å²) < 4.78 is 25.5. The van der Waals surface area contributed by atoms with E-state index in [-0.39, 0.29) is 18.5 Å². The lowest BCUT2D eigenvalue weighted by Crippen LogP contribution is -2.41. The van der Waals surface area contributed by atoms with Crippen LogP contribution in [-0.4, -0.2) is 47.6 Å².